The molecule has 0 bridgehead atoms. The van der Waals surface area contributed by atoms with Crippen LogP contribution in [-0.2, 0) is 23.9 Å². The van der Waals surface area contributed by atoms with Crippen LogP contribution in [0.3, 0.4) is 0 Å². The topological polar surface area (TPSA) is 114 Å². The second-order valence-electron chi connectivity index (χ2n) is 8.63. The molecule has 2 N–H and O–H groups in total. The number of carbonyl (C=O) groups excluding carboxylic acids is 4. The lowest BCUT2D eigenvalue weighted by atomic mass is 9.82. The number of alkyl carbamates (subject to hydrolysis) is 1. The number of carbonyl (C=O) groups is 4. The van der Waals surface area contributed by atoms with Crippen LogP contribution in [0.15, 0.2) is 0 Å². The van der Waals surface area contributed by atoms with Crippen molar-refractivity contribution in [3.8, 4) is 0 Å². The fourth-order valence-electron chi connectivity index (χ4n) is 3.84. The van der Waals surface area contributed by atoms with Crippen molar-refractivity contribution in [2.45, 2.75) is 70.6 Å². The zero-order chi connectivity index (χ0) is 21.1. The Morgan fingerprint density at radius 3 is 2.39 bits per heavy atom. The van der Waals surface area contributed by atoms with E-state index >= 15 is 0 Å². The number of nitrogens with one attached hydrogen (secondary N) is 2. The Hall–Kier alpha value is -2.32. The van der Waals surface area contributed by atoms with Gasteiger partial charge in [-0.05, 0) is 46.5 Å². The third-order valence-electron chi connectivity index (χ3n) is 5.26. The predicted molar refractivity (Wildman–Crippen MR) is 100 cm³/mol. The molecule has 2 rings (SSSR count). The summed E-state index contributed by atoms with van der Waals surface area (Å²) in [7, 11) is 1.24. The van der Waals surface area contributed by atoms with Gasteiger partial charge in [-0.25, -0.2) is 9.59 Å². The summed E-state index contributed by atoms with van der Waals surface area (Å²) < 4.78 is 9.98. The van der Waals surface area contributed by atoms with Crippen molar-refractivity contribution in [2.75, 3.05) is 20.2 Å². The molecule has 2 aliphatic rings. The highest BCUT2D eigenvalue weighted by atomic mass is 16.6. The third kappa shape index (κ3) is 5.59. The van der Waals surface area contributed by atoms with Gasteiger partial charge in [-0.2, -0.15) is 0 Å². The van der Waals surface area contributed by atoms with E-state index in [4.69, 9.17) is 9.47 Å². The highest BCUT2D eigenvalue weighted by Crippen LogP contribution is 2.36. The summed E-state index contributed by atoms with van der Waals surface area (Å²) in [6, 6.07) is -0.969. The fraction of sp³-hybridized carbons (Fsp3) is 0.789. The van der Waals surface area contributed by atoms with E-state index in [1.807, 2.05) is 0 Å². The Balaban J connectivity index is 2.00. The van der Waals surface area contributed by atoms with Gasteiger partial charge in [0.15, 0.2) is 0 Å². The van der Waals surface area contributed by atoms with Crippen molar-refractivity contribution in [3.63, 3.8) is 0 Å². The summed E-state index contributed by atoms with van der Waals surface area (Å²) in [5.41, 5.74) is -1.06. The van der Waals surface area contributed by atoms with Crippen LogP contribution in [0.5, 0.6) is 0 Å². The average molecular weight is 397 g/mol. The largest absolute Gasteiger partial charge is 0.467 e. The molecule has 9 nitrogen and oxygen atoms in total. The molecule has 9 heteroatoms. The lowest BCUT2D eigenvalue weighted by molar-refractivity contribution is -0.143. The molecule has 0 saturated carbocycles. The molecule has 0 radical (unpaired) electrons. The molecule has 0 aromatic heterocycles. The fourth-order valence-corrected chi connectivity index (χ4v) is 3.84. The maximum absolute atomic E-state index is 12.5. The number of hydrogen-bond acceptors (Lipinski definition) is 6. The first kappa shape index (κ1) is 22.0. The van der Waals surface area contributed by atoms with Crippen LogP contribution >= 0.6 is 0 Å². The Labute approximate surface area is 165 Å². The van der Waals surface area contributed by atoms with Crippen LogP contribution in [0.2, 0.25) is 0 Å². The lowest BCUT2D eigenvalue weighted by Crippen LogP contribution is -2.51. The van der Waals surface area contributed by atoms with Gasteiger partial charge in [0, 0.05) is 31.5 Å². The zero-order valence-electron chi connectivity index (χ0n) is 17.3. The number of rotatable bonds is 4. The lowest BCUT2D eigenvalue weighted by Gasteiger charge is -2.39. The number of esters is 1. The normalized spacial score (nSPS) is 22.4. The van der Waals surface area contributed by atoms with Gasteiger partial charge >= 0.3 is 12.1 Å². The molecule has 2 atom stereocenters. The summed E-state index contributed by atoms with van der Waals surface area (Å²) in [6.07, 6.45) is 1.32. The van der Waals surface area contributed by atoms with Crippen molar-refractivity contribution in [2.24, 2.45) is 5.92 Å². The van der Waals surface area contributed by atoms with Gasteiger partial charge in [0.25, 0.3) is 0 Å². The number of piperidine rings is 1. The van der Waals surface area contributed by atoms with E-state index in [9.17, 15) is 19.2 Å². The van der Waals surface area contributed by atoms with Crippen molar-refractivity contribution in [1.82, 2.24) is 15.5 Å². The Morgan fingerprint density at radius 1 is 1.29 bits per heavy atom. The SMILES string of the molecule is COC(=O)[C@H](CC1CC2(CCN(C(C)=O)CC2)NC1=O)NC(=O)OC(C)(C)C. The Morgan fingerprint density at radius 2 is 1.89 bits per heavy atom. The summed E-state index contributed by atoms with van der Waals surface area (Å²) in [6.45, 7) is 7.90. The second kappa shape index (κ2) is 8.36. The highest BCUT2D eigenvalue weighted by molar-refractivity contribution is 5.85. The minimum atomic E-state index is -0.969. The van der Waals surface area contributed by atoms with Gasteiger partial charge in [0.1, 0.15) is 11.6 Å². The quantitative estimate of drug-likeness (QED) is 0.683. The molecular weight excluding hydrogens is 366 g/mol. The third-order valence-corrected chi connectivity index (χ3v) is 5.26. The van der Waals surface area contributed by atoms with Gasteiger partial charge < -0.3 is 25.0 Å². The van der Waals surface area contributed by atoms with Crippen LogP contribution in [-0.4, -0.2) is 66.2 Å². The standard InChI is InChI=1S/C19H31N3O6/c1-12(23)22-8-6-19(7-9-22)11-13(15(24)21-19)10-14(16(25)27-5)20-17(26)28-18(2,3)4/h13-14H,6-11H2,1-5H3,(H,20,26)(H,21,24)/t13?,14-/m0/s1. The van der Waals surface area contributed by atoms with Crippen LogP contribution in [0.4, 0.5) is 4.79 Å². The molecule has 1 spiro atoms. The van der Waals surface area contributed by atoms with Gasteiger partial charge in [0.2, 0.25) is 11.8 Å². The molecule has 0 aromatic carbocycles. The van der Waals surface area contributed by atoms with Gasteiger partial charge in [-0.15, -0.1) is 0 Å². The van der Waals surface area contributed by atoms with Crippen LogP contribution in [0.1, 0.15) is 53.4 Å². The van der Waals surface area contributed by atoms with E-state index in [0.717, 1.165) is 0 Å². The molecule has 0 aliphatic carbocycles. The summed E-state index contributed by atoms with van der Waals surface area (Å²) in [5.74, 6) is -1.16. The van der Waals surface area contributed by atoms with Crippen molar-refractivity contribution >= 4 is 23.9 Å². The first-order chi connectivity index (χ1) is 12.9. The minimum absolute atomic E-state index is 0.0306. The molecule has 0 aromatic rings. The first-order valence-corrected chi connectivity index (χ1v) is 9.59. The van der Waals surface area contributed by atoms with E-state index in [1.165, 1.54) is 14.0 Å². The maximum Gasteiger partial charge on any atom is 0.408 e. The summed E-state index contributed by atoms with van der Waals surface area (Å²) in [4.78, 5) is 50.0. The Kier molecular flexibility index (Phi) is 6.56. The zero-order valence-corrected chi connectivity index (χ0v) is 17.3. The monoisotopic (exact) mass is 397 g/mol. The average Bonchev–Trinajstić information content (AvgIpc) is 2.87. The molecule has 2 saturated heterocycles. The Bertz CT molecular complexity index is 634. The second-order valence-corrected chi connectivity index (χ2v) is 8.63. The molecule has 2 aliphatic heterocycles. The van der Waals surface area contributed by atoms with Crippen molar-refractivity contribution in [3.05, 3.63) is 0 Å². The molecule has 28 heavy (non-hydrogen) atoms. The van der Waals surface area contributed by atoms with E-state index in [-0.39, 0.29) is 23.8 Å². The number of nitrogens with zero attached hydrogens (tertiary/aromatic N) is 1. The van der Waals surface area contributed by atoms with Crippen molar-refractivity contribution < 1.29 is 28.7 Å². The number of methoxy groups -OCH3 is 1. The molecular formula is C19H31N3O6. The first-order valence-electron chi connectivity index (χ1n) is 9.59. The number of likely N-dealkylation sites (tertiary alicyclic amines) is 1. The molecule has 3 amide bonds. The van der Waals surface area contributed by atoms with E-state index in [0.29, 0.717) is 32.4 Å². The van der Waals surface area contributed by atoms with Gasteiger partial charge in [-0.3, -0.25) is 9.59 Å². The van der Waals surface area contributed by atoms with Crippen molar-refractivity contribution in [1.29, 1.82) is 0 Å². The minimum Gasteiger partial charge on any atom is -0.467 e. The van der Waals surface area contributed by atoms with Gasteiger partial charge in [0.05, 0.1) is 7.11 Å². The van der Waals surface area contributed by atoms with Gasteiger partial charge in [-0.1, -0.05) is 0 Å². The predicted octanol–water partition coefficient (Wildman–Crippen LogP) is 0.960. The van der Waals surface area contributed by atoms with Crippen LogP contribution in [0.25, 0.3) is 0 Å². The summed E-state index contributed by atoms with van der Waals surface area (Å²) in [5, 5.41) is 5.58. The number of amides is 3. The summed E-state index contributed by atoms with van der Waals surface area (Å²) >= 11 is 0. The smallest absolute Gasteiger partial charge is 0.408 e. The molecule has 2 heterocycles. The molecule has 158 valence electrons. The van der Waals surface area contributed by atoms with E-state index in [2.05, 4.69) is 10.6 Å². The van der Waals surface area contributed by atoms with Crippen LogP contribution in [0, 0.1) is 5.92 Å². The van der Waals surface area contributed by atoms with E-state index in [1.54, 1.807) is 25.7 Å². The molecule has 1 unspecified atom stereocenters. The number of hydrogen-bond donors (Lipinski definition) is 2. The molecule has 2 fully saturated rings. The van der Waals surface area contributed by atoms with E-state index < -0.39 is 29.6 Å². The highest BCUT2D eigenvalue weighted by Gasteiger charge is 2.47. The number of ether oxygens (including phenoxy) is 2. The van der Waals surface area contributed by atoms with Crippen LogP contribution < -0.4 is 10.6 Å². The maximum atomic E-state index is 12.5.